The molecule has 1 aromatic rings. The largest absolute Gasteiger partial charge is 0.379 e. The first-order valence-electron chi connectivity index (χ1n) is 6.85. The molecule has 2 rings (SSSR count). The Morgan fingerprint density at radius 2 is 2.18 bits per heavy atom. The zero-order chi connectivity index (χ0) is 15.9. The van der Waals surface area contributed by atoms with Crippen molar-refractivity contribution in [2.75, 3.05) is 44.7 Å². The van der Waals surface area contributed by atoms with E-state index in [2.05, 4.69) is 15.5 Å². The summed E-state index contributed by atoms with van der Waals surface area (Å²) in [4.78, 5) is 12.3. The van der Waals surface area contributed by atoms with Crippen molar-refractivity contribution < 1.29 is 14.1 Å². The number of non-ortho nitro benzene ring substituents is 1. The van der Waals surface area contributed by atoms with Gasteiger partial charge in [0.2, 0.25) is 0 Å². The number of hydrogen-bond acceptors (Lipinski definition) is 5. The molecule has 0 unspecified atom stereocenters. The fourth-order valence-corrected chi connectivity index (χ4v) is 2.25. The molecule has 0 atom stereocenters. The van der Waals surface area contributed by atoms with Crippen LogP contribution in [0.4, 0.5) is 15.8 Å². The van der Waals surface area contributed by atoms with Crippen LogP contribution >= 0.6 is 12.2 Å². The number of halogens is 1. The Balaban J connectivity index is 1.81. The SMILES string of the molecule is O=[N+]([O-])c1ccc(F)c(NC(=S)NCCN2CCOCC2)c1. The standard InChI is InChI=1S/C13H17FN4O3S/c14-11-2-1-10(18(19)20)9-12(11)16-13(22)15-3-4-17-5-7-21-8-6-17/h1-2,9H,3-8H2,(H2,15,16,22). The van der Waals surface area contributed by atoms with Crippen LogP contribution in [0.25, 0.3) is 0 Å². The maximum atomic E-state index is 13.6. The number of anilines is 1. The summed E-state index contributed by atoms with van der Waals surface area (Å²) in [6, 6.07) is 3.26. The minimum atomic E-state index is -0.595. The minimum Gasteiger partial charge on any atom is -0.379 e. The smallest absolute Gasteiger partial charge is 0.271 e. The molecule has 1 aliphatic heterocycles. The zero-order valence-corrected chi connectivity index (χ0v) is 12.7. The normalized spacial score (nSPS) is 15.3. The van der Waals surface area contributed by atoms with Crippen molar-refractivity contribution in [3.8, 4) is 0 Å². The molecule has 9 heteroatoms. The third-order valence-electron chi connectivity index (χ3n) is 3.23. The van der Waals surface area contributed by atoms with E-state index in [1.165, 1.54) is 0 Å². The van der Waals surface area contributed by atoms with Gasteiger partial charge in [-0.25, -0.2) is 4.39 Å². The number of thiocarbonyl (C=S) groups is 1. The van der Waals surface area contributed by atoms with E-state index in [9.17, 15) is 14.5 Å². The predicted molar refractivity (Wildman–Crippen MR) is 84.5 cm³/mol. The van der Waals surface area contributed by atoms with Crippen LogP contribution in [-0.4, -0.2) is 54.3 Å². The number of rotatable bonds is 5. The van der Waals surface area contributed by atoms with Gasteiger partial charge < -0.3 is 15.4 Å². The molecule has 0 saturated carbocycles. The van der Waals surface area contributed by atoms with E-state index in [1.54, 1.807) is 0 Å². The van der Waals surface area contributed by atoms with Gasteiger partial charge in [0.25, 0.3) is 5.69 Å². The molecule has 1 heterocycles. The van der Waals surface area contributed by atoms with Crippen molar-refractivity contribution in [1.29, 1.82) is 0 Å². The molecule has 0 amide bonds. The van der Waals surface area contributed by atoms with Crippen molar-refractivity contribution in [2.45, 2.75) is 0 Å². The second kappa shape index (κ2) is 7.97. The Kier molecular flexibility index (Phi) is 5.99. The van der Waals surface area contributed by atoms with E-state index in [0.29, 0.717) is 6.54 Å². The maximum Gasteiger partial charge on any atom is 0.271 e. The van der Waals surface area contributed by atoms with E-state index in [4.69, 9.17) is 17.0 Å². The molecule has 1 aliphatic rings. The summed E-state index contributed by atoms with van der Waals surface area (Å²) in [6.45, 7) is 4.59. The van der Waals surface area contributed by atoms with E-state index in [0.717, 1.165) is 51.0 Å². The Morgan fingerprint density at radius 3 is 2.86 bits per heavy atom. The fraction of sp³-hybridized carbons (Fsp3) is 0.462. The van der Waals surface area contributed by atoms with E-state index < -0.39 is 10.7 Å². The third-order valence-corrected chi connectivity index (χ3v) is 3.47. The highest BCUT2D eigenvalue weighted by Crippen LogP contribution is 2.20. The number of hydrogen-bond donors (Lipinski definition) is 2. The average molecular weight is 328 g/mol. The van der Waals surface area contributed by atoms with Crippen molar-refractivity contribution in [1.82, 2.24) is 10.2 Å². The summed E-state index contributed by atoms with van der Waals surface area (Å²) in [5.41, 5.74) is -0.210. The molecular weight excluding hydrogens is 311 g/mol. The van der Waals surface area contributed by atoms with Gasteiger partial charge >= 0.3 is 0 Å². The van der Waals surface area contributed by atoms with Crippen molar-refractivity contribution in [3.63, 3.8) is 0 Å². The third kappa shape index (κ3) is 4.86. The lowest BCUT2D eigenvalue weighted by Crippen LogP contribution is -2.42. The Morgan fingerprint density at radius 1 is 1.45 bits per heavy atom. The van der Waals surface area contributed by atoms with Crippen LogP contribution in [0, 0.1) is 15.9 Å². The quantitative estimate of drug-likeness (QED) is 0.480. The number of benzene rings is 1. The summed E-state index contributed by atoms with van der Waals surface area (Å²) in [5, 5.41) is 16.5. The molecule has 2 N–H and O–H groups in total. The summed E-state index contributed by atoms with van der Waals surface area (Å²) < 4.78 is 18.9. The second-order valence-corrected chi connectivity index (χ2v) is 5.16. The molecular formula is C13H17FN4O3S. The minimum absolute atomic E-state index is 0.0157. The van der Waals surface area contributed by atoms with Gasteiger partial charge in [0.15, 0.2) is 5.11 Å². The molecule has 0 aromatic heterocycles. The maximum absolute atomic E-state index is 13.6. The zero-order valence-electron chi connectivity index (χ0n) is 11.9. The molecule has 0 radical (unpaired) electrons. The van der Waals surface area contributed by atoms with Gasteiger partial charge in [-0.3, -0.25) is 15.0 Å². The average Bonchev–Trinajstić information content (AvgIpc) is 2.50. The van der Waals surface area contributed by atoms with Crippen LogP contribution in [0.1, 0.15) is 0 Å². The lowest BCUT2D eigenvalue weighted by molar-refractivity contribution is -0.384. The first-order valence-corrected chi connectivity index (χ1v) is 7.26. The number of morpholine rings is 1. The van der Waals surface area contributed by atoms with Gasteiger partial charge in [-0.2, -0.15) is 0 Å². The van der Waals surface area contributed by atoms with Gasteiger partial charge in [-0.15, -0.1) is 0 Å². The molecule has 0 bridgehead atoms. The van der Waals surface area contributed by atoms with E-state index in [-0.39, 0.29) is 16.5 Å². The lowest BCUT2D eigenvalue weighted by Gasteiger charge is -2.26. The topological polar surface area (TPSA) is 79.7 Å². The summed E-state index contributed by atoms with van der Waals surface area (Å²) in [7, 11) is 0. The highest BCUT2D eigenvalue weighted by atomic mass is 32.1. The number of nitrogens with zero attached hydrogens (tertiary/aromatic N) is 2. The Bertz CT molecular complexity index is 552. The summed E-state index contributed by atoms with van der Waals surface area (Å²) in [6.07, 6.45) is 0. The van der Waals surface area contributed by atoms with Crippen LogP contribution in [0.2, 0.25) is 0 Å². The van der Waals surface area contributed by atoms with Crippen molar-refractivity contribution in [3.05, 3.63) is 34.1 Å². The van der Waals surface area contributed by atoms with Crippen LogP contribution in [0.3, 0.4) is 0 Å². The molecule has 1 aromatic carbocycles. The molecule has 7 nitrogen and oxygen atoms in total. The van der Waals surface area contributed by atoms with Gasteiger partial charge in [-0.05, 0) is 18.3 Å². The highest BCUT2D eigenvalue weighted by molar-refractivity contribution is 7.80. The second-order valence-electron chi connectivity index (χ2n) is 4.76. The molecule has 1 saturated heterocycles. The molecule has 1 fully saturated rings. The highest BCUT2D eigenvalue weighted by Gasteiger charge is 2.12. The number of nitro benzene ring substituents is 1. The van der Waals surface area contributed by atoms with Crippen LogP contribution < -0.4 is 10.6 Å². The van der Waals surface area contributed by atoms with Crippen LogP contribution in [-0.2, 0) is 4.74 Å². The molecule has 22 heavy (non-hydrogen) atoms. The van der Waals surface area contributed by atoms with E-state index in [1.807, 2.05) is 0 Å². The van der Waals surface area contributed by atoms with E-state index >= 15 is 0 Å². The van der Waals surface area contributed by atoms with Gasteiger partial charge in [0.1, 0.15) is 5.82 Å². The molecule has 120 valence electrons. The van der Waals surface area contributed by atoms with Crippen LogP contribution in [0.5, 0.6) is 0 Å². The predicted octanol–water partition coefficient (Wildman–Crippen LogP) is 1.35. The first kappa shape index (κ1) is 16.5. The number of ether oxygens (including phenoxy) is 1. The summed E-state index contributed by atoms with van der Waals surface area (Å²) in [5.74, 6) is -0.595. The molecule has 0 spiro atoms. The number of nitrogens with one attached hydrogen (secondary N) is 2. The first-order chi connectivity index (χ1) is 10.6. The Labute approximate surface area is 132 Å². The Hall–Kier alpha value is -1.84. The molecule has 0 aliphatic carbocycles. The van der Waals surface area contributed by atoms with Crippen molar-refractivity contribution >= 4 is 28.7 Å². The number of nitro groups is 1. The van der Waals surface area contributed by atoms with Gasteiger partial charge in [0, 0.05) is 38.3 Å². The summed E-state index contributed by atoms with van der Waals surface area (Å²) >= 11 is 5.07. The van der Waals surface area contributed by atoms with Crippen molar-refractivity contribution in [2.24, 2.45) is 0 Å². The van der Waals surface area contributed by atoms with Gasteiger partial charge in [0.05, 0.1) is 23.8 Å². The monoisotopic (exact) mass is 328 g/mol. The van der Waals surface area contributed by atoms with Crippen LogP contribution in [0.15, 0.2) is 18.2 Å². The van der Waals surface area contributed by atoms with Gasteiger partial charge in [-0.1, -0.05) is 0 Å². The lowest BCUT2D eigenvalue weighted by atomic mass is 10.2. The fourth-order valence-electron chi connectivity index (χ4n) is 2.04.